The zero-order chi connectivity index (χ0) is 20.7. The molecule has 2 aliphatic heterocycles. The zero-order valence-corrected chi connectivity index (χ0v) is 16.8. The number of fused-ring (bicyclic) bond motifs is 2. The number of carbonyl (C=O) groups excluding carboxylic acids is 3. The predicted molar refractivity (Wildman–Crippen MR) is 110 cm³/mol. The Hall–Kier alpha value is -2.99. The molecule has 6 heteroatoms. The average Bonchev–Trinajstić information content (AvgIpc) is 3.31. The molecule has 1 aliphatic carbocycles. The summed E-state index contributed by atoms with van der Waals surface area (Å²) in [6.07, 6.45) is 1.28. The third kappa shape index (κ3) is 3.41. The molecule has 3 aliphatic rings. The van der Waals surface area contributed by atoms with Gasteiger partial charge in [0.2, 0.25) is 0 Å². The highest BCUT2D eigenvalue weighted by Crippen LogP contribution is 2.34. The van der Waals surface area contributed by atoms with Crippen LogP contribution in [-0.2, 0) is 35.8 Å². The van der Waals surface area contributed by atoms with Crippen LogP contribution in [0.25, 0.3) is 0 Å². The quantitative estimate of drug-likeness (QED) is 0.793. The first kappa shape index (κ1) is 19.0. The smallest absolute Gasteiger partial charge is 0.255 e. The number of benzene rings is 2. The molecule has 0 radical (unpaired) electrons. The molecule has 30 heavy (non-hydrogen) atoms. The van der Waals surface area contributed by atoms with Crippen LogP contribution in [-0.4, -0.2) is 28.4 Å². The minimum atomic E-state index is -0.520. The Bertz CT molecular complexity index is 1050. The minimum absolute atomic E-state index is 0.0174. The molecule has 154 valence electrons. The Kier molecular flexibility index (Phi) is 4.87. The van der Waals surface area contributed by atoms with Gasteiger partial charge in [0.25, 0.3) is 5.91 Å². The largest absolute Gasteiger partial charge is 0.489 e. The SMILES string of the molecule is O=C1CCC(=O)C(N2Cc3c(OCc4ccc5c(c4)CNC5)cccc3C2=O)CC1. The third-order valence-corrected chi connectivity index (χ3v) is 6.34. The van der Waals surface area contributed by atoms with Crippen molar-refractivity contribution in [2.45, 2.75) is 58.0 Å². The molecule has 1 N–H and O–H groups in total. The van der Waals surface area contributed by atoms with E-state index in [0.717, 1.165) is 24.2 Å². The van der Waals surface area contributed by atoms with Crippen molar-refractivity contribution in [3.63, 3.8) is 0 Å². The lowest BCUT2D eigenvalue weighted by Gasteiger charge is -2.25. The van der Waals surface area contributed by atoms with E-state index in [2.05, 4.69) is 23.5 Å². The van der Waals surface area contributed by atoms with E-state index in [1.165, 1.54) is 11.1 Å². The fourth-order valence-electron chi connectivity index (χ4n) is 4.65. The maximum atomic E-state index is 13.0. The summed E-state index contributed by atoms with van der Waals surface area (Å²) in [5.74, 6) is 0.616. The van der Waals surface area contributed by atoms with Crippen LogP contribution in [0.5, 0.6) is 5.75 Å². The summed E-state index contributed by atoms with van der Waals surface area (Å²) in [5, 5.41) is 3.34. The van der Waals surface area contributed by atoms with Crippen LogP contribution >= 0.6 is 0 Å². The summed E-state index contributed by atoms with van der Waals surface area (Å²) in [7, 11) is 0. The van der Waals surface area contributed by atoms with Crippen molar-refractivity contribution in [1.82, 2.24) is 10.2 Å². The van der Waals surface area contributed by atoms with Gasteiger partial charge < -0.3 is 15.0 Å². The molecule has 2 aromatic rings. The van der Waals surface area contributed by atoms with Gasteiger partial charge >= 0.3 is 0 Å². The highest BCUT2D eigenvalue weighted by Gasteiger charge is 2.38. The normalized spacial score (nSPS) is 20.9. The molecule has 1 saturated carbocycles. The lowest BCUT2D eigenvalue weighted by atomic mass is 10.1. The van der Waals surface area contributed by atoms with Gasteiger partial charge in [0, 0.05) is 43.5 Å². The zero-order valence-electron chi connectivity index (χ0n) is 16.8. The molecule has 1 atom stereocenters. The molecule has 1 amide bonds. The van der Waals surface area contributed by atoms with Crippen LogP contribution in [0.2, 0.25) is 0 Å². The van der Waals surface area contributed by atoms with Crippen molar-refractivity contribution in [2.24, 2.45) is 0 Å². The van der Waals surface area contributed by atoms with Crippen molar-refractivity contribution in [3.8, 4) is 5.75 Å². The molecule has 0 saturated heterocycles. The second kappa shape index (κ2) is 7.69. The third-order valence-electron chi connectivity index (χ3n) is 6.34. The molecular formula is C24H24N2O4. The minimum Gasteiger partial charge on any atom is -0.489 e. The number of hydrogen-bond donors (Lipinski definition) is 1. The van der Waals surface area contributed by atoms with Gasteiger partial charge in [0.15, 0.2) is 5.78 Å². The summed E-state index contributed by atoms with van der Waals surface area (Å²) >= 11 is 0. The lowest BCUT2D eigenvalue weighted by molar-refractivity contribution is -0.124. The Labute approximate surface area is 175 Å². The molecular weight excluding hydrogens is 380 g/mol. The number of ether oxygens (including phenoxy) is 1. The number of carbonyl (C=O) groups is 3. The van der Waals surface area contributed by atoms with Crippen molar-refractivity contribution in [2.75, 3.05) is 0 Å². The molecule has 0 spiro atoms. The second-order valence-electron chi connectivity index (χ2n) is 8.27. The van der Waals surface area contributed by atoms with Gasteiger partial charge in [-0.1, -0.05) is 24.3 Å². The fraction of sp³-hybridized carbons (Fsp3) is 0.375. The summed E-state index contributed by atoms with van der Waals surface area (Å²) in [6.45, 7) is 2.56. The monoisotopic (exact) mass is 404 g/mol. The Morgan fingerprint density at radius 2 is 1.87 bits per heavy atom. The maximum absolute atomic E-state index is 13.0. The van der Waals surface area contributed by atoms with E-state index < -0.39 is 6.04 Å². The van der Waals surface area contributed by atoms with Crippen LogP contribution in [0.15, 0.2) is 36.4 Å². The van der Waals surface area contributed by atoms with Gasteiger partial charge in [-0.15, -0.1) is 0 Å². The summed E-state index contributed by atoms with van der Waals surface area (Å²) in [5.41, 5.74) is 5.14. The van der Waals surface area contributed by atoms with E-state index in [9.17, 15) is 14.4 Å². The topological polar surface area (TPSA) is 75.7 Å². The van der Waals surface area contributed by atoms with Crippen LogP contribution in [0.1, 0.15) is 58.3 Å². The van der Waals surface area contributed by atoms with Crippen LogP contribution in [0.4, 0.5) is 0 Å². The predicted octanol–water partition coefficient (Wildman–Crippen LogP) is 2.91. The van der Waals surface area contributed by atoms with Crippen LogP contribution in [0, 0.1) is 0 Å². The van der Waals surface area contributed by atoms with Crippen molar-refractivity contribution >= 4 is 17.5 Å². The number of nitrogens with zero attached hydrogens (tertiary/aromatic N) is 1. The number of rotatable bonds is 4. The number of ketones is 2. The van der Waals surface area contributed by atoms with Gasteiger partial charge in [-0.05, 0) is 35.2 Å². The van der Waals surface area contributed by atoms with Gasteiger partial charge in [0.1, 0.15) is 18.1 Å². The first-order chi connectivity index (χ1) is 14.6. The van der Waals surface area contributed by atoms with Crippen LogP contribution < -0.4 is 10.1 Å². The number of Topliss-reactive ketones (excluding diaryl/α,β-unsaturated/α-hetero) is 2. The molecule has 0 bridgehead atoms. The molecule has 1 fully saturated rings. The van der Waals surface area contributed by atoms with Gasteiger partial charge in [-0.25, -0.2) is 0 Å². The van der Waals surface area contributed by atoms with Gasteiger partial charge in [-0.2, -0.15) is 0 Å². The lowest BCUT2D eigenvalue weighted by Crippen LogP contribution is -2.40. The average molecular weight is 404 g/mol. The highest BCUT2D eigenvalue weighted by atomic mass is 16.5. The first-order valence-electron chi connectivity index (χ1n) is 10.5. The Balaban J connectivity index is 1.34. The van der Waals surface area contributed by atoms with E-state index in [4.69, 9.17) is 4.74 Å². The van der Waals surface area contributed by atoms with Crippen LogP contribution in [0.3, 0.4) is 0 Å². The van der Waals surface area contributed by atoms with E-state index in [-0.39, 0.29) is 30.3 Å². The summed E-state index contributed by atoms with van der Waals surface area (Å²) in [6, 6.07) is 11.3. The molecule has 5 rings (SSSR count). The summed E-state index contributed by atoms with van der Waals surface area (Å²) in [4.78, 5) is 38.9. The van der Waals surface area contributed by atoms with Gasteiger partial charge in [-0.3, -0.25) is 14.4 Å². The molecule has 1 unspecified atom stereocenters. The van der Waals surface area contributed by atoms with Gasteiger partial charge in [0.05, 0.1) is 12.6 Å². The Morgan fingerprint density at radius 3 is 2.77 bits per heavy atom. The molecule has 6 nitrogen and oxygen atoms in total. The van der Waals surface area contributed by atoms with Crippen molar-refractivity contribution < 1.29 is 19.1 Å². The van der Waals surface area contributed by atoms with E-state index in [0.29, 0.717) is 37.3 Å². The molecule has 2 heterocycles. The number of amides is 1. The molecule has 0 aromatic heterocycles. The van der Waals surface area contributed by atoms with E-state index in [1.54, 1.807) is 11.0 Å². The number of nitrogens with one attached hydrogen (secondary N) is 1. The highest BCUT2D eigenvalue weighted by molar-refractivity contribution is 6.02. The second-order valence-corrected chi connectivity index (χ2v) is 8.27. The van der Waals surface area contributed by atoms with Crippen molar-refractivity contribution in [1.29, 1.82) is 0 Å². The number of hydrogen-bond acceptors (Lipinski definition) is 5. The van der Waals surface area contributed by atoms with Crippen molar-refractivity contribution in [3.05, 3.63) is 64.2 Å². The standard InChI is InChI=1S/C24H24N2O4/c27-18-6-8-21(22(28)9-7-18)26-13-20-19(24(26)29)2-1-3-23(20)30-14-15-4-5-16-11-25-12-17(16)10-15/h1-5,10,21,25H,6-9,11-14H2. The fourth-order valence-corrected chi connectivity index (χ4v) is 4.65. The van der Waals surface area contributed by atoms with E-state index in [1.807, 2.05) is 12.1 Å². The van der Waals surface area contributed by atoms with E-state index >= 15 is 0 Å². The first-order valence-corrected chi connectivity index (χ1v) is 10.5. The summed E-state index contributed by atoms with van der Waals surface area (Å²) < 4.78 is 6.11. The molecule has 2 aromatic carbocycles. The Morgan fingerprint density at radius 1 is 1.00 bits per heavy atom. The maximum Gasteiger partial charge on any atom is 0.255 e.